The van der Waals surface area contributed by atoms with Crippen LogP contribution in [0.15, 0.2) is 17.0 Å². The van der Waals surface area contributed by atoms with Crippen molar-refractivity contribution >= 4 is 16.1 Å². The molecule has 3 aliphatic rings. The van der Waals surface area contributed by atoms with Gasteiger partial charge in [-0.3, -0.25) is 9.80 Å². The zero-order chi connectivity index (χ0) is 27.0. The SMILES string of the molecule is CCC1(C2CCCCN2S(=O)(=O)c2c(C)cc(OC)cc2C)CN(C2CCN(C)CC2)CCN1C(=O)O. The molecule has 208 valence electrons. The number of amides is 1. The zero-order valence-electron chi connectivity index (χ0n) is 23.1. The van der Waals surface area contributed by atoms with Crippen molar-refractivity contribution in [2.45, 2.75) is 81.8 Å². The Bertz CT molecular complexity index is 1070. The number of hydrogen-bond donors (Lipinski definition) is 1. The smallest absolute Gasteiger partial charge is 0.407 e. The molecule has 1 aromatic carbocycles. The third kappa shape index (κ3) is 5.22. The molecule has 0 bridgehead atoms. The van der Waals surface area contributed by atoms with E-state index in [9.17, 15) is 18.3 Å². The molecule has 4 rings (SSSR count). The molecule has 10 heteroatoms. The van der Waals surface area contributed by atoms with E-state index in [-0.39, 0.29) is 0 Å². The average molecular weight is 537 g/mol. The topological polar surface area (TPSA) is 93.6 Å². The highest BCUT2D eigenvalue weighted by Gasteiger charge is 2.54. The molecule has 1 aromatic rings. The summed E-state index contributed by atoms with van der Waals surface area (Å²) >= 11 is 0. The molecule has 0 spiro atoms. The van der Waals surface area contributed by atoms with Crippen molar-refractivity contribution in [2.24, 2.45) is 0 Å². The lowest BCUT2D eigenvalue weighted by molar-refractivity contribution is -0.0594. The Hall–Kier alpha value is -1.88. The monoisotopic (exact) mass is 536 g/mol. The zero-order valence-corrected chi connectivity index (χ0v) is 23.9. The van der Waals surface area contributed by atoms with E-state index < -0.39 is 27.7 Å². The third-order valence-corrected chi connectivity index (χ3v) is 11.2. The number of hydrogen-bond acceptors (Lipinski definition) is 6. The van der Waals surface area contributed by atoms with Crippen LogP contribution in [0.2, 0.25) is 0 Å². The first kappa shape index (κ1) is 28.1. The van der Waals surface area contributed by atoms with Crippen LogP contribution in [0.1, 0.15) is 56.6 Å². The molecule has 0 aromatic heterocycles. The first-order valence-electron chi connectivity index (χ1n) is 13.7. The molecule has 1 amide bonds. The summed E-state index contributed by atoms with van der Waals surface area (Å²) < 4.78 is 35.7. The van der Waals surface area contributed by atoms with Gasteiger partial charge in [0.1, 0.15) is 5.75 Å². The van der Waals surface area contributed by atoms with E-state index in [0.29, 0.717) is 66.8 Å². The van der Waals surface area contributed by atoms with Gasteiger partial charge in [-0.25, -0.2) is 13.2 Å². The number of likely N-dealkylation sites (tertiary alicyclic amines) is 1. The van der Waals surface area contributed by atoms with Crippen LogP contribution in [-0.4, -0.2) is 110 Å². The molecular weight excluding hydrogens is 492 g/mol. The number of sulfonamides is 1. The summed E-state index contributed by atoms with van der Waals surface area (Å²) in [7, 11) is -0.142. The van der Waals surface area contributed by atoms with E-state index in [1.54, 1.807) is 28.4 Å². The van der Waals surface area contributed by atoms with E-state index in [0.717, 1.165) is 38.8 Å². The van der Waals surface area contributed by atoms with Gasteiger partial charge in [-0.1, -0.05) is 13.3 Å². The maximum absolute atomic E-state index is 14.3. The van der Waals surface area contributed by atoms with Crippen LogP contribution in [0.25, 0.3) is 0 Å². The highest BCUT2D eigenvalue weighted by atomic mass is 32.2. The Morgan fingerprint density at radius 3 is 2.27 bits per heavy atom. The molecule has 1 N–H and O–H groups in total. The van der Waals surface area contributed by atoms with Crippen molar-refractivity contribution in [1.82, 2.24) is 19.0 Å². The van der Waals surface area contributed by atoms with Crippen LogP contribution in [-0.2, 0) is 10.0 Å². The van der Waals surface area contributed by atoms with Gasteiger partial charge in [0.15, 0.2) is 0 Å². The summed E-state index contributed by atoms with van der Waals surface area (Å²) in [6.45, 7) is 9.77. The van der Waals surface area contributed by atoms with Gasteiger partial charge in [0, 0.05) is 38.3 Å². The standard InChI is InChI=1S/C27H44N4O5S/c1-6-27(19-29(15-16-30(27)26(32)33)22-10-13-28(4)14-11-22)24-9-7-8-12-31(24)37(34,35)25-20(2)17-23(36-5)18-21(25)3/h17-18,22,24H,6-16,19H2,1-5H3,(H,32,33). The molecule has 2 atom stereocenters. The lowest BCUT2D eigenvalue weighted by Crippen LogP contribution is -2.73. The number of methoxy groups -OCH3 is 1. The number of benzene rings is 1. The van der Waals surface area contributed by atoms with Crippen molar-refractivity contribution in [3.8, 4) is 5.75 Å². The molecule has 2 unspecified atom stereocenters. The summed E-state index contributed by atoms with van der Waals surface area (Å²) in [5.74, 6) is 0.632. The molecule has 0 aliphatic carbocycles. The Kier molecular flexibility index (Phi) is 8.43. The lowest BCUT2D eigenvalue weighted by atomic mass is 9.78. The van der Waals surface area contributed by atoms with Crippen LogP contribution < -0.4 is 4.74 Å². The second-order valence-corrected chi connectivity index (χ2v) is 12.9. The van der Waals surface area contributed by atoms with Gasteiger partial charge >= 0.3 is 6.09 Å². The summed E-state index contributed by atoms with van der Waals surface area (Å²) in [6, 6.07) is 3.51. The van der Waals surface area contributed by atoms with Gasteiger partial charge in [0.25, 0.3) is 0 Å². The van der Waals surface area contributed by atoms with Gasteiger partial charge in [-0.2, -0.15) is 4.31 Å². The molecule has 3 saturated heterocycles. The molecule has 3 fully saturated rings. The fourth-order valence-electron chi connectivity index (χ4n) is 7.03. The Labute approximate surface area is 222 Å². The summed E-state index contributed by atoms with van der Waals surface area (Å²) in [6.07, 6.45) is 4.05. The minimum atomic E-state index is -3.86. The summed E-state index contributed by atoms with van der Waals surface area (Å²) in [4.78, 5) is 19.3. The lowest BCUT2D eigenvalue weighted by Gasteiger charge is -2.57. The number of aryl methyl sites for hydroxylation is 2. The highest BCUT2D eigenvalue weighted by Crippen LogP contribution is 2.41. The largest absolute Gasteiger partial charge is 0.497 e. The number of nitrogens with zero attached hydrogens (tertiary/aromatic N) is 4. The molecule has 0 radical (unpaired) electrons. The minimum Gasteiger partial charge on any atom is -0.497 e. The van der Waals surface area contributed by atoms with Gasteiger partial charge in [-0.15, -0.1) is 0 Å². The summed E-state index contributed by atoms with van der Waals surface area (Å²) in [5.41, 5.74) is 0.506. The average Bonchev–Trinajstić information content (AvgIpc) is 2.88. The van der Waals surface area contributed by atoms with Crippen molar-refractivity contribution in [1.29, 1.82) is 0 Å². The molecule has 3 heterocycles. The number of rotatable bonds is 6. The van der Waals surface area contributed by atoms with E-state index in [1.807, 2.05) is 20.8 Å². The van der Waals surface area contributed by atoms with Crippen molar-refractivity contribution in [3.05, 3.63) is 23.3 Å². The molecule has 37 heavy (non-hydrogen) atoms. The fourth-order valence-corrected chi connectivity index (χ4v) is 9.20. The molecule has 9 nitrogen and oxygen atoms in total. The minimum absolute atomic E-state index is 0.316. The fraction of sp³-hybridized carbons (Fsp3) is 0.741. The van der Waals surface area contributed by atoms with Gasteiger partial charge in [0.05, 0.1) is 17.5 Å². The van der Waals surface area contributed by atoms with Crippen molar-refractivity contribution in [3.63, 3.8) is 0 Å². The van der Waals surface area contributed by atoms with Gasteiger partial charge < -0.3 is 14.7 Å². The predicted octanol–water partition coefficient (Wildman–Crippen LogP) is 3.39. The quantitative estimate of drug-likeness (QED) is 0.596. The number of piperazine rings is 1. The number of piperidine rings is 2. The molecule has 3 aliphatic heterocycles. The Morgan fingerprint density at radius 1 is 1.05 bits per heavy atom. The third-order valence-electron chi connectivity index (χ3n) is 8.98. The normalized spacial score (nSPS) is 27.4. The van der Waals surface area contributed by atoms with Crippen LogP contribution in [0, 0.1) is 13.8 Å². The predicted molar refractivity (Wildman–Crippen MR) is 144 cm³/mol. The van der Waals surface area contributed by atoms with E-state index >= 15 is 0 Å². The summed E-state index contributed by atoms with van der Waals surface area (Å²) in [5, 5.41) is 10.3. The maximum atomic E-state index is 14.3. The Morgan fingerprint density at radius 2 is 1.70 bits per heavy atom. The first-order valence-corrected chi connectivity index (χ1v) is 15.1. The maximum Gasteiger partial charge on any atom is 0.407 e. The van der Waals surface area contributed by atoms with E-state index in [2.05, 4.69) is 16.8 Å². The number of carboxylic acid groups (broad SMARTS) is 1. The van der Waals surface area contributed by atoms with E-state index in [1.165, 1.54) is 0 Å². The van der Waals surface area contributed by atoms with Crippen LogP contribution in [0.5, 0.6) is 5.75 Å². The Balaban J connectivity index is 1.75. The number of ether oxygens (including phenoxy) is 1. The van der Waals surface area contributed by atoms with Gasteiger partial charge in [0.2, 0.25) is 10.0 Å². The molecule has 0 saturated carbocycles. The van der Waals surface area contributed by atoms with E-state index in [4.69, 9.17) is 4.74 Å². The van der Waals surface area contributed by atoms with Crippen LogP contribution in [0.4, 0.5) is 4.79 Å². The van der Waals surface area contributed by atoms with Crippen molar-refractivity contribution < 1.29 is 23.1 Å². The molecular formula is C27H44N4O5S. The van der Waals surface area contributed by atoms with Crippen molar-refractivity contribution in [2.75, 3.05) is 53.4 Å². The van der Waals surface area contributed by atoms with Crippen LogP contribution >= 0.6 is 0 Å². The van der Waals surface area contributed by atoms with Gasteiger partial charge in [-0.05, 0) is 89.3 Å². The second kappa shape index (κ2) is 11.1. The number of carbonyl (C=O) groups is 1. The highest BCUT2D eigenvalue weighted by molar-refractivity contribution is 7.89. The second-order valence-electron chi connectivity index (χ2n) is 11.1. The first-order chi connectivity index (χ1) is 17.5. The van der Waals surface area contributed by atoms with Crippen LogP contribution in [0.3, 0.4) is 0 Å².